The van der Waals surface area contributed by atoms with Crippen molar-refractivity contribution in [1.82, 2.24) is 16.2 Å². The molecule has 0 bridgehead atoms. The first kappa shape index (κ1) is 23.1. The van der Waals surface area contributed by atoms with Gasteiger partial charge in [0.2, 0.25) is 0 Å². The molecular weight excluding hydrogens is 450 g/mol. The summed E-state index contributed by atoms with van der Waals surface area (Å²) < 4.78 is 11.2. The molecule has 0 aliphatic carbocycles. The summed E-state index contributed by atoms with van der Waals surface area (Å²) in [6.07, 6.45) is 0. The molecule has 3 N–H and O–H groups in total. The first-order valence-electron chi connectivity index (χ1n) is 9.60. The number of thiocarbonyl (C=S) groups is 1. The highest BCUT2D eigenvalue weighted by Gasteiger charge is 2.12. The SMILES string of the molecule is O=C(NC(=S)NNC(=O)c1ccccc1Cl)c1cccc(OCCOc2ccccc2)c1. The molecule has 0 saturated carbocycles. The van der Waals surface area contributed by atoms with Crippen LogP contribution in [-0.4, -0.2) is 30.1 Å². The maximum atomic E-state index is 12.4. The average molecular weight is 470 g/mol. The number of para-hydroxylation sites is 1. The molecule has 164 valence electrons. The van der Waals surface area contributed by atoms with Gasteiger partial charge in [-0.15, -0.1) is 0 Å². The summed E-state index contributed by atoms with van der Waals surface area (Å²) in [5.74, 6) is 0.327. The van der Waals surface area contributed by atoms with E-state index in [4.69, 9.17) is 33.3 Å². The quantitative estimate of drug-likeness (QED) is 0.277. The highest BCUT2D eigenvalue weighted by molar-refractivity contribution is 7.80. The van der Waals surface area contributed by atoms with Gasteiger partial charge in [0.25, 0.3) is 11.8 Å². The molecule has 32 heavy (non-hydrogen) atoms. The van der Waals surface area contributed by atoms with Gasteiger partial charge in [-0.05, 0) is 54.7 Å². The highest BCUT2D eigenvalue weighted by Crippen LogP contribution is 2.15. The lowest BCUT2D eigenvalue weighted by Gasteiger charge is -2.12. The molecule has 0 heterocycles. The summed E-state index contributed by atoms with van der Waals surface area (Å²) in [7, 11) is 0. The average Bonchev–Trinajstić information content (AvgIpc) is 2.81. The third-order valence-electron chi connectivity index (χ3n) is 4.10. The molecule has 0 aromatic heterocycles. The molecule has 0 radical (unpaired) electrons. The van der Waals surface area contributed by atoms with Crippen molar-refractivity contribution in [1.29, 1.82) is 0 Å². The summed E-state index contributed by atoms with van der Waals surface area (Å²) in [6.45, 7) is 0.674. The molecule has 0 aliphatic heterocycles. The van der Waals surface area contributed by atoms with Gasteiger partial charge in [-0.3, -0.25) is 25.8 Å². The summed E-state index contributed by atoms with van der Waals surface area (Å²) in [4.78, 5) is 24.6. The van der Waals surface area contributed by atoms with E-state index in [9.17, 15) is 9.59 Å². The number of hydrogen-bond acceptors (Lipinski definition) is 5. The Balaban J connectivity index is 1.44. The van der Waals surface area contributed by atoms with Crippen molar-refractivity contribution in [2.75, 3.05) is 13.2 Å². The zero-order chi connectivity index (χ0) is 22.8. The number of hydrazine groups is 1. The number of halogens is 1. The van der Waals surface area contributed by atoms with E-state index in [1.54, 1.807) is 48.5 Å². The number of nitrogens with one attached hydrogen (secondary N) is 3. The van der Waals surface area contributed by atoms with Crippen molar-refractivity contribution in [2.45, 2.75) is 0 Å². The Bertz CT molecular complexity index is 1100. The maximum absolute atomic E-state index is 12.4. The van der Waals surface area contributed by atoms with Crippen LogP contribution in [0.15, 0.2) is 78.9 Å². The lowest BCUT2D eigenvalue weighted by molar-refractivity contribution is 0.0934. The van der Waals surface area contributed by atoms with Crippen molar-refractivity contribution in [2.24, 2.45) is 0 Å². The predicted molar refractivity (Wildman–Crippen MR) is 126 cm³/mol. The minimum Gasteiger partial charge on any atom is -0.490 e. The van der Waals surface area contributed by atoms with E-state index in [-0.39, 0.29) is 10.7 Å². The Kier molecular flexibility index (Phi) is 8.42. The third-order valence-corrected chi connectivity index (χ3v) is 4.63. The zero-order valence-corrected chi connectivity index (χ0v) is 18.4. The predicted octanol–water partition coefficient (Wildman–Crippen LogP) is 3.75. The van der Waals surface area contributed by atoms with Crippen LogP contribution in [0.4, 0.5) is 0 Å². The van der Waals surface area contributed by atoms with E-state index in [1.165, 1.54) is 0 Å². The molecule has 0 aliphatic rings. The Morgan fingerprint density at radius 3 is 2.19 bits per heavy atom. The van der Waals surface area contributed by atoms with Crippen LogP contribution >= 0.6 is 23.8 Å². The van der Waals surface area contributed by atoms with Gasteiger partial charge in [0, 0.05) is 5.56 Å². The van der Waals surface area contributed by atoms with Crippen molar-refractivity contribution in [3.8, 4) is 11.5 Å². The molecular formula is C23H20ClN3O4S. The van der Waals surface area contributed by atoms with E-state index < -0.39 is 11.8 Å². The van der Waals surface area contributed by atoms with Crippen molar-refractivity contribution in [3.63, 3.8) is 0 Å². The number of amides is 2. The molecule has 3 rings (SSSR count). The van der Waals surface area contributed by atoms with Gasteiger partial charge in [0.15, 0.2) is 5.11 Å². The second-order valence-corrected chi connectivity index (χ2v) is 7.20. The summed E-state index contributed by atoms with van der Waals surface area (Å²) in [5.41, 5.74) is 5.48. The zero-order valence-electron chi connectivity index (χ0n) is 16.8. The highest BCUT2D eigenvalue weighted by atomic mass is 35.5. The number of ether oxygens (including phenoxy) is 2. The van der Waals surface area contributed by atoms with Gasteiger partial charge in [0.05, 0.1) is 10.6 Å². The number of rotatable bonds is 7. The van der Waals surface area contributed by atoms with Crippen molar-refractivity contribution >= 4 is 40.7 Å². The van der Waals surface area contributed by atoms with Crippen LogP contribution < -0.4 is 25.6 Å². The third kappa shape index (κ3) is 6.97. The van der Waals surface area contributed by atoms with Crippen molar-refractivity contribution < 1.29 is 19.1 Å². The normalized spacial score (nSPS) is 10.0. The van der Waals surface area contributed by atoms with E-state index in [0.717, 1.165) is 5.75 Å². The van der Waals surface area contributed by atoms with Crippen LogP contribution in [0, 0.1) is 0 Å². The van der Waals surface area contributed by atoms with E-state index in [1.807, 2.05) is 30.3 Å². The molecule has 0 saturated heterocycles. The van der Waals surface area contributed by atoms with E-state index in [2.05, 4.69) is 16.2 Å². The molecule has 9 heteroatoms. The molecule has 7 nitrogen and oxygen atoms in total. The van der Waals surface area contributed by atoms with E-state index >= 15 is 0 Å². The Hall–Kier alpha value is -3.62. The van der Waals surface area contributed by atoms with Crippen LogP contribution in [0.2, 0.25) is 5.02 Å². The smallest absolute Gasteiger partial charge is 0.271 e. The largest absolute Gasteiger partial charge is 0.490 e. The first-order chi connectivity index (χ1) is 15.5. The van der Waals surface area contributed by atoms with Gasteiger partial charge in [-0.1, -0.05) is 48.0 Å². The second-order valence-electron chi connectivity index (χ2n) is 6.38. The molecule has 0 unspecified atom stereocenters. The van der Waals surface area contributed by atoms with Gasteiger partial charge in [0.1, 0.15) is 24.7 Å². The van der Waals surface area contributed by atoms with Gasteiger partial charge in [-0.25, -0.2) is 0 Å². The number of carbonyl (C=O) groups excluding carboxylic acids is 2. The molecule has 3 aromatic carbocycles. The fourth-order valence-corrected chi connectivity index (χ4v) is 2.96. The molecule has 2 amide bonds. The fourth-order valence-electron chi connectivity index (χ4n) is 2.60. The Morgan fingerprint density at radius 2 is 1.44 bits per heavy atom. The van der Waals surface area contributed by atoms with Crippen LogP contribution in [0.5, 0.6) is 11.5 Å². The van der Waals surface area contributed by atoms with Crippen LogP contribution in [-0.2, 0) is 0 Å². The second kappa shape index (κ2) is 11.7. The van der Waals surface area contributed by atoms with Gasteiger partial charge < -0.3 is 9.47 Å². The minimum atomic E-state index is -0.486. The Morgan fingerprint density at radius 1 is 0.781 bits per heavy atom. The van der Waals surface area contributed by atoms with Gasteiger partial charge >= 0.3 is 0 Å². The van der Waals surface area contributed by atoms with Gasteiger partial charge in [-0.2, -0.15) is 0 Å². The molecule has 0 fully saturated rings. The monoisotopic (exact) mass is 469 g/mol. The van der Waals surface area contributed by atoms with Crippen LogP contribution in [0.1, 0.15) is 20.7 Å². The minimum absolute atomic E-state index is 0.0713. The summed E-state index contributed by atoms with van der Waals surface area (Å²) in [5, 5.41) is 2.71. The standard InChI is InChI=1S/C23H20ClN3O4S/c24-20-12-5-4-11-19(20)22(29)26-27-23(32)25-21(28)16-7-6-10-18(15-16)31-14-13-30-17-8-2-1-3-9-17/h1-12,15H,13-14H2,(H,26,29)(H2,25,27,28,32). The number of benzene rings is 3. The number of carbonyl (C=O) groups is 2. The van der Waals surface area contributed by atoms with Crippen LogP contribution in [0.3, 0.4) is 0 Å². The lowest BCUT2D eigenvalue weighted by Crippen LogP contribution is -2.48. The fraction of sp³-hybridized carbons (Fsp3) is 0.0870. The first-order valence-corrected chi connectivity index (χ1v) is 10.4. The molecule has 0 atom stereocenters. The van der Waals surface area contributed by atoms with Crippen LogP contribution in [0.25, 0.3) is 0 Å². The van der Waals surface area contributed by atoms with E-state index in [0.29, 0.717) is 29.5 Å². The van der Waals surface area contributed by atoms with Crippen molar-refractivity contribution in [3.05, 3.63) is 95.0 Å². The number of hydrogen-bond donors (Lipinski definition) is 3. The summed E-state index contributed by atoms with van der Waals surface area (Å²) >= 11 is 11.0. The lowest BCUT2D eigenvalue weighted by atomic mass is 10.2. The maximum Gasteiger partial charge on any atom is 0.271 e. The Labute approximate surface area is 195 Å². The summed E-state index contributed by atoms with van der Waals surface area (Å²) in [6, 6.07) is 22.6. The molecule has 0 spiro atoms. The topological polar surface area (TPSA) is 88.7 Å². The molecule has 3 aromatic rings.